The van der Waals surface area contributed by atoms with Crippen molar-refractivity contribution < 1.29 is 33.7 Å². The summed E-state index contributed by atoms with van der Waals surface area (Å²) in [6, 6.07) is 8.88. The Bertz CT molecular complexity index is 1920. The summed E-state index contributed by atoms with van der Waals surface area (Å²) >= 11 is 1.35. The molecule has 0 aliphatic carbocycles. The molecular weight excluding hydrogens is 603 g/mol. The molecule has 0 spiro atoms. The van der Waals surface area contributed by atoms with Crippen LogP contribution in [0.4, 0.5) is 14.9 Å². The molecule has 5 aromatic rings. The van der Waals surface area contributed by atoms with E-state index >= 15 is 4.39 Å². The molecule has 2 atom stereocenters. The number of aliphatic hydroxyl groups is 1. The molecule has 2 unspecified atom stereocenters. The average Bonchev–Trinajstić information content (AvgIpc) is 3.64. The number of anilines is 1. The lowest BCUT2D eigenvalue weighted by Crippen LogP contribution is -2.41. The number of halogens is 1. The molecule has 45 heavy (non-hydrogen) atoms. The Morgan fingerprint density at radius 2 is 1.98 bits per heavy atom. The number of ether oxygens (including phenoxy) is 2. The van der Waals surface area contributed by atoms with Gasteiger partial charge in [-0.05, 0) is 50.1 Å². The zero-order valence-corrected chi connectivity index (χ0v) is 25.4. The van der Waals surface area contributed by atoms with Crippen LogP contribution in [0.3, 0.4) is 0 Å². The number of thiazole rings is 1. The molecular formula is C31H29FN6O6S. The summed E-state index contributed by atoms with van der Waals surface area (Å²) in [5.41, 5.74) is 3.82. The van der Waals surface area contributed by atoms with Crippen molar-refractivity contribution in [2.45, 2.75) is 32.4 Å². The highest BCUT2D eigenvalue weighted by Gasteiger charge is 2.28. The first-order valence-electron chi connectivity index (χ1n) is 14.1. The van der Waals surface area contributed by atoms with Gasteiger partial charge in [-0.2, -0.15) is 0 Å². The zero-order valence-electron chi connectivity index (χ0n) is 24.6. The van der Waals surface area contributed by atoms with Gasteiger partial charge in [0.15, 0.2) is 11.6 Å². The number of fused-ring (bicyclic) bond motifs is 2. The van der Waals surface area contributed by atoms with E-state index in [2.05, 4.69) is 19.9 Å². The highest BCUT2D eigenvalue weighted by molar-refractivity contribution is 7.21. The number of hydrogen-bond donors (Lipinski definition) is 2. The molecule has 1 aliphatic rings. The van der Waals surface area contributed by atoms with E-state index in [1.54, 1.807) is 13.0 Å². The van der Waals surface area contributed by atoms with Crippen molar-refractivity contribution in [3.63, 3.8) is 0 Å². The summed E-state index contributed by atoms with van der Waals surface area (Å²) in [5, 5.41) is 20.3. The molecule has 6 rings (SSSR count). The van der Waals surface area contributed by atoms with Crippen molar-refractivity contribution >= 4 is 50.3 Å². The minimum atomic E-state index is -1.26. The lowest BCUT2D eigenvalue weighted by Gasteiger charge is -2.26. The van der Waals surface area contributed by atoms with Crippen LogP contribution < -0.4 is 14.4 Å². The predicted molar refractivity (Wildman–Crippen MR) is 166 cm³/mol. The Hall–Kier alpha value is -4.95. The Balaban J connectivity index is 1.20. The standard InChI is InChI=1S/C31H29FN6O6S/c1-16-8-20(28-24(9-16)35-27(43-3)13-34-28)29-36-23-10-21(32)25(11-26(23)45-29)44-15-17(2)38(31(41)42)18-4-5-22(33-12-18)30(40)37-7-6-19(39)14-37/h4-5,8-13,17,19,39H,6-7,14-15H2,1-3H3,(H,41,42). The monoisotopic (exact) mass is 632 g/mol. The van der Waals surface area contributed by atoms with Crippen molar-refractivity contribution in [2.75, 3.05) is 31.7 Å². The summed E-state index contributed by atoms with van der Waals surface area (Å²) in [4.78, 5) is 45.2. The fraction of sp³-hybridized carbons (Fsp3) is 0.290. The Kier molecular flexibility index (Phi) is 8.16. The number of amides is 2. The number of hydrogen-bond acceptors (Lipinski definition) is 10. The topological polar surface area (TPSA) is 151 Å². The lowest BCUT2D eigenvalue weighted by molar-refractivity contribution is 0.0759. The molecule has 1 fully saturated rings. The number of pyridine rings is 1. The minimum absolute atomic E-state index is 0.0413. The van der Waals surface area contributed by atoms with Crippen LogP contribution in [0.1, 0.15) is 29.4 Å². The van der Waals surface area contributed by atoms with Crippen molar-refractivity contribution in [3.05, 3.63) is 65.9 Å². The number of carboxylic acid groups (broad SMARTS) is 1. The summed E-state index contributed by atoms with van der Waals surface area (Å²) in [7, 11) is 1.52. The molecule has 14 heteroatoms. The van der Waals surface area contributed by atoms with Gasteiger partial charge >= 0.3 is 6.09 Å². The maximum absolute atomic E-state index is 15.1. The van der Waals surface area contributed by atoms with Crippen LogP contribution >= 0.6 is 11.3 Å². The second-order valence-corrected chi connectivity index (χ2v) is 11.8. The Labute approximate surface area is 260 Å². The first-order valence-corrected chi connectivity index (χ1v) is 14.9. The normalized spacial score (nSPS) is 15.4. The first kappa shape index (κ1) is 30.1. The molecule has 1 saturated heterocycles. The number of aromatic nitrogens is 4. The molecule has 0 bridgehead atoms. The van der Waals surface area contributed by atoms with Crippen LogP contribution in [0.25, 0.3) is 31.8 Å². The number of β-amino-alcohol motifs (C(OH)–C–C–N with tert-alkyl or cyclic N) is 1. The fourth-order valence-electron chi connectivity index (χ4n) is 5.25. The molecule has 3 aromatic heterocycles. The van der Waals surface area contributed by atoms with Crippen LogP contribution in [0.5, 0.6) is 11.6 Å². The molecule has 2 aromatic carbocycles. The van der Waals surface area contributed by atoms with E-state index in [0.29, 0.717) is 45.1 Å². The van der Waals surface area contributed by atoms with E-state index < -0.39 is 24.1 Å². The maximum atomic E-state index is 15.1. The average molecular weight is 633 g/mol. The van der Waals surface area contributed by atoms with Gasteiger partial charge in [-0.3, -0.25) is 9.69 Å². The molecule has 2 N–H and O–H groups in total. The summed E-state index contributed by atoms with van der Waals surface area (Å²) < 4.78 is 26.8. The predicted octanol–water partition coefficient (Wildman–Crippen LogP) is 4.92. The van der Waals surface area contributed by atoms with E-state index in [9.17, 15) is 19.8 Å². The van der Waals surface area contributed by atoms with Gasteiger partial charge in [0.1, 0.15) is 17.3 Å². The van der Waals surface area contributed by atoms with Crippen LogP contribution in [-0.4, -0.2) is 86.0 Å². The maximum Gasteiger partial charge on any atom is 0.412 e. The van der Waals surface area contributed by atoms with Gasteiger partial charge < -0.3 is 24.6 Å². The highest BCUT2D eigenvalue weighted by atomic mass is 32.1. The van der Waals surface area contributed by atoms with Crippen LogP contribution in [-0.2, 0) is 0 Å². The van der Waals surface area contributed by atoms with Crippen LogP contribution in [0.15, 0.2) is 48.8 Å². The number of methoxy groups -OCH3 is 1. The van der Waals surface area contributed by atoms with Gasteiger partial charge in [0.2, 0.25) is 5.88 Å². The highest BCUT2D eigenvalue weighted by Crippen LogP contribution is 2.37. The van der Waals surface area contributed by atoms with Crippen molar-refractivity contribution in [3.8, 4) is 22.2 Å². The quantitative estimate of drug-likeness (QED) is 0.241. The van der Waals surface area contributed by atoms with Gasteiger partial charge in [0.05, 0.1) is 58.6 Å². The first-order chi connectivity index (χ1) is 21.6. The van der Waals surface area contributed by atoms with Crippen molar-refractivity contribution in [2.24, 2.45) is 0 Å². The van der Waals surface area contributed by atoms with E-state index in [1.165, 1.54) is 53.9 Å². The van der Waals surface area contributed by atoms with Crippen molar-refractivity contribution in [1.82, 2.24) is 24.8 Å². The van der Waals surface area contributed by atoms with Gasteiger partial charge in [0, 0.05) is 30.8 Å². The lowest BCUT2D eigenvalue weighted by atomic mass is 10.1. The number of aliphatic hydroxyl groups excluding tert-OH is 1. The molecule has 1 aliphatic heterocycles. The van der Waals surface area contributed by atoms with E-state index in [1.807, 2.05) is 19.1 Å². The molecule has 12 nitrogen and oxygen atoms in total. The van der Waals surface area contributed by atoms with Gasteiger partial charge in [0.25, 0.3) is 5.91 Å². The van der Waals surface area contributed by atoms with Gasteiger partial charge in [-0.25, -0.2) is 29.1 Å². The molecule has 232 valence electrons. The number of likely N-dealkylation sites (tertiary alicyclic amines) is 1. The summed E-state index contributed by atoms with van der Waals surface area (Å²) in [5.74, 6) is -0.619. The number of carbonyl (C=O) groups is 2. The Morgan fingerprint density at radius 3 is 2.67 bits per heavy atom. The van der Waals surface area contributed by atoms with E-state index in [0.717, 1.165) is 16.0 Å². The number of benzene rings is 2. The smallest absolute Gasteiger partial charge is 0.412 e. The molecule has 0 saturated carbocycles. The number of nitrogens with zero attached hydrogens (tertiary/aromatic N) is 6. The second-order valence-electron chi connectivity index (χ2n) is 10.8. The third-order valence-electron chi connectivity index (χ3n) is 7.47. The zero-order chi connectivity index (χ0) is 31.8. The molecule has 4 heterocycles. The number of rotatable bonds is 8. The fourth-order valence-corrected chi connectivity index (χ4v) is 6.24. The second kappa shape index (κ2) is 12.2. The molecule has 0 radical (unpaired) electrons. The number of carbonyl (C=O) groups excluding carboxylic acids is 1. The summed E-state index contributed by atoms with van der Waals surface area (Å²) in [6.07, 6.45) is 1.51. The van der Waals surface area contributed by atoms with Gasteiger partial charge in [-0.15, -0.1) is 11.3 Å². The van der Waals surface area contributed by atoms with Crippen LogP contribution in [0.2, 0.25) is 0 Å². The number of aryl methyl sites for hydroxylation is 1. The van der Waals surface area contributed by atoms with Crippen molar-refractivity contribution in [1.29, 1.82) is 0 Å². The third-order valence-corrected chi connectivity index (χ3v) is 8.52. The SMILES string of the molecule is COc1cnc2c(-c3nc4cc(F)c(OCC(C)N(C(=O)O)c5ccc(C(=O)N6CCC(O)C6)nc5)cc4s3)cc(C)cc2n1. The van der Waals surface area contributed by atoms with Crippen LogP contribution in [0, 0.1) is 12.7 Å². The largest absolute Gasteiger partial charge is 0.488 e. The Morgan fingerprint density at radius 1 is 1.16 bits per heavy atom. The summed E-state index contributed by atoms with van der Waals surface area (Å²) in [6.45, 7) is 4.06. The third kappa shape index (κ3) is 6.06. The van der Waals surface area contributed by atoms with E-state index in [-0.39, 0.29) is 36.2 Å². The molecule has 2 amide bonds. The van der Waals surface area contributed by atoms with E-state index in [4.69, 9.17) is 9.47 Å². The minimum Gasteiger partial charge on any atom is -0.488 e. The van der Waals surface area contributed by atoms with Gasteiger partial charge in [-0.1, -0.05) is 0 Å².